The van der Waals surface area contributed by atoms with E-state index in [1.54, 1.807) is 18.5 Å². The Morgan fingerprint density at radius 1 is 1.12 bits per heavy atom. The van der Waals surface area contributed by atoms with Gasteiger partial charge in [-0.1, -0.05) is 42.3 Å². The highest BCUT2D eigenvalue weighted by molar-refractivity contribution is 6.04. The summed E-state index contributed by atoms with van der Waals surface area (Å²) in [5.74, 6) is 5.91. The predicted octanol–water partition coefficient (Wildman–Crippen LogP) is 4.39. The molecule has 0 fully saturated rings. The number of carbonyl (C=O) groups is 1. The Kier molecular flexibility index (Phi) is 5.40. The van der Waals surface area contributed by atoms with Crippen LogP contribution in [0.3, 0.4) is 0 Å². The number of hydrogen-bond donors (Lipinski definition) is 2. The zero-order valence-corrected chi connectivity index (χ0v) is 18.8. The lowest BCUT2D eigenvalue weighted by atomic mass is 9.96. The number of nitrogens with zero attached hydrogens (tertiary/aromatic N) is 4. The number of aromatic nitrogens is 4. The highest BCUT2D eigenvalue weighted by Crippen LogP contribution is 2.32. The average molecular weight is 447 g/mol. The first kappa shape index (κ1) is 21.2. The summed E-state index contributed by atoms with van der Waals surface area (Å²) in [6, 6.07) is 19.3. The Morgan fingerprint density at radius 3 is 2.74 bits per heavy atom. The SMILES string of the molecule is CC#Cc1cccc2nc(C(C)NC(=O)c3c(N)nn4cccnc34)c(-c3ccccc3)cc12. The number of rotatable bonds is 4. The van der Waals surface area contributed by atoms with Crippen LogP contribution in [0, 0.1) is 11.8 Å². The van der Waals surface area contributed by atoms with E-state index in [0.29, 0.717) is 5.65 Å². The zero-order valence-electron chi connectivity index (χ0n) is 18.8. The largest absolute Gasteiger partial charge is 0.381 e. The maximum Gasteiger partial charge on any atom is 0.259 e. The van der Waals surface area contributed by atoms with Crippen molar-refractivity contribution in [3.63, 3.8) is 0 Å². The van der Waals surface area contributed by atoms with Gasteiger partial charge >= 0.3 is 0 Å². The summed E-state index contributed by atoms with van der Waals surface area (Å²) in [7, 11) is 0. The van der Waals surface area contributed by atoms with Gasteiger partial charge in [0.05, 0.1) is 17.3 Å². The monoisotopic (exact) mass is 446 g/mol. The van der Waals surface area contributed by atoms with Crippen molar-refractivity contribution in [2.75, 3.05) is 5.73 Å². The van der Waals surface area contributed by atoms with E-state index in [1.807, 2.05) is 62.4 Å². The van der Waals surface area contributed by atoms with Crippen LogP contribution in [0.2, 0.25) is 0 Å². The molecule has 5 aromatic rings. The standard InChI is InChI=1S/C27H22N6O/c1-3-9-18-12-7-13-22-20(18)16-21(19-10-5-4-6-11-19)24(31-22)17(2)30-27(34)23-25(28)32-33-15-8-14-29-26(23)33/h4-8,10-17H,1-2H3,(H2,28,32)(H,30,34). The molecule has 1 unspecified atom stereocenters. The van der Waals surface area contributed by atoms with Gasteiger partial charge in [0, 0.05) is 28.9 Å². The number of pyridine rings is 1. The summed E-state index contributed by atoms with van der Waals surface area (Å²) < 4.78 is 1.49. The lowest BCUT2D eigenvalue weighted by Crippen LogP contribution is -2.28. The molecule has 1 amide bonds. The second-order valence-electron chi connectivity index (χ2n) is 7.88. The van der Waals surface area contributed by atoms with Crippen molar-refractivity contribution in [1.82, 2.24) is 24.9 Å². The van der Waals surface area contributed by atoms with Gasteiger partial charge in [-0.15, -0.1) is 11.0 Å². The van der Waals surface area contributed by atoms with Gasteiger partial charge in [-0.3, -0.25) is 4.79 Å². The van der Waals surface area contributed by atoms with Crippen LogP contribution in [-0.2, 0) is 0 Å². The van der Waals surface area contributed by atoms with E-state index in [4.69, 9.17) is 10.7 Å². The van der Waals surface area contributed by atoms with Crippen LogP contribution in [-0.4, -0.2) is 25.5 Å². The topological polar surface area (TPSA) is 98.2 Å². The van der Waals surface area contributed by atoms with Gasteiger partial charge in [0.2, 0.25) is 0 Å². The van der Waals surface area contributed by atoms with Gasteiger partial charge in [0.1, 0.15) is 5.56 Å². The van der Waals surface area contributed by atoms with Crippen molar-refractivity contribution >= 4 is 28.3 Å². The minimum absolute atomic E-state index is 0.126. The molecule has 0 aliphatic carbocycles. The van der Waals surface area contributed by atoms with E-state index in [1.165, 1.54) is 4.52 Å². The minimum Gasteiger partial charge on any atom is -0.381 e. The first-order chi connectivity index (χ1) is 16.6. The van der Waals surface area contributed by atoms with Crippen molar-refractivity contribution in [1.29, 1.82) is 0 Å². The molecule has 5 rings (SSSR count). The van der Waals surface area contributed by atoms with E-state index >= 15 is 0 Å². The summed E-state index contributed by atoms with van der Waals surface area (Å²) in [6.45, 7) is 3.72. The molecule has 3 heterocycles. The smallest absolute Gasteiger partial charge is 0.259 e. The molecule has 7 nitrogen and oxygen atoms in total. The fraction of sp³-hybridized carbons (Fsp3) is 0.111. The van der Waals surface area contributed by atoms with Crippen molar-refractivity contribution in [3.05, 3.63) is 89.9 Å². The quantitative estimate of drug-likeness (QED) is 0.399. The lowest BCUT2D eigenvalue weighted by Gasteiger charge is -2.19. The normalized spacial score (nSPS) is 11.7. The first-order valence-corrected chi connectivity index (χ1v) is 10.9. The van der Waals surface area contributed by atoms with Gasteiger partial charge in [-0.05, 0) is 43.7 Å². The highest BCUT2D eigenvalue weighted by Gasteiger charge is 2.23. The van der Waals surface area contributed by atoms with Gasteiger partial charge in [0.25, 0.3) is 5.91 Å². The Labute approximate surface area is 196 Å². The van der Waals surface area contributed by atoms with Gasteiger partial charge in [-0.2, -0.15) is 0 Å². The maximum atomic E-state index is 13.2. The number of fused-ring (bicyclic) bond motifs is 2. The van der Waals surface area contributed by atoms with Gasteiger partial charge in [0.15, 0.2) is 11.5 Å². The number of nitrogens with two attached hydrogens (primary N) is 1. The van der Waals surface area contributed by atoms with Crippen molar-refractivity contribution in [2.24, 2.45) is 0 Å². The molecule has 2 aromatic carbocycles. The fourth-order valence-electron chi connectivity index (χ4n) is 4.09. The molecular formula is C27H22N6O. The van der Waals surface area contributed by atoms with Crippen LogP contribution in [0.5, 0.6) is 0 Å². The molecule has 0 bridgehead atoms. The second-order valence-corrected chi connectivity index (χ2v) is 7.88. The number of benzene rings is 2. The molecule has 34 heavy (non-hydrogen) atoms. The Balaban J connectivity index is 1.61. The van der Waals surface area contributed by atoms with E-state index < -0.39 is 6.04 Å². The predicted molar refractivity (Wildman–Crippen MR) is 133 cm³/mol. The van der Waals surface area contributed by atoms with Crippen LogP contribution in [0.25, 0.3) is 27.7 Å². The number of nitrogens with one attached hydrogen (secondary N) is 1. The molecular weight excluding hydrogens is 424 g/mol. The molecule has 3 aromatic heterocycles. The number of amides is 1. The summed E-state index contributed by atoms with van der Waals surface area (Å²) in [4.78, 5) is 22.5. The number of carbonyl (C=O) groups excluding carboxylic acids is 1. The molecule has 1 atom stereocenters. The Morgan fingerprint density at radius 2 is 1.94 bits per heavy atom. The Hall–Kier alpha value is -4.70. The highest BCUT2D eigenvalue weighted by atomic mass is 16.1. The van der Waals surface area contributed by atoms with E-state index in [9.17, 15) is 4.79 Å². The summed E-state index contributed by atoms with van der Waals surface area (Å²) in [5, 5.41) is 8.20. The maximum absolute atomic E-state index is 13.2. The molecule has 0 aliphatic heterocycles. The molecule has 0 spiro atoms. The molecule has 7 heteroatoms. The minimum atomic E-state index is -0.411. The van der Waals surface area contributed by atoms with E-state index in [0.717, 1.165) is 33.3 Å². The third-order valence-corrected chi connectivity index (χ3v) is 5.64. The van der Waals surface area contributed by atoms with Gasteiger partial charge in [-0.25, -0.2) is 14.5 Å². The molecule has 0 radical (unpaired) electrons. The van der Waals surface area contributed by atoms with E-state index in [-0.39, 0.29) is 17.3 Å². The van der Waals surface area contributed by atoms with Crippen LogP contribution in [0.4, 0.5) is 5.82 Å². The van der Waals surface area contributed by atoms with Gasteiger partial charge < -0.3 is 11.1 Å². The Bertz CT molecular complexity index is 1590. The number of hydrogen-bond acceptors (Lipinski definition) is 5. The third-order valence-electron chi connectivity index (χ3n) is 5.64. The first-order valence-electron chi connectivity index (χ1n) is 10.9. The van der Waals surface area contributed by atoms with Crippen molar-refractivity contribution in [3.8, 4) is 23.0 Å². The van der Waals surface area contributed by atoms with Crippen LogP contribution >= 0.6 is 0 Å². The van der Waals surface area contributed by atoms with Crippen LogP contribution in [0.1, 0.15) is 41.5 Å². The third kappa shape index (κ3) is 3.71. The zero-order chi connectivity index (χ0) is 23.7. The molecule has 0 saturated carbocycles. The lowest BCUT2D eigenvalue weighted by molar-refractivity contribution is 0.0941. The average Bonchev–Trinajstić information content (AvgIpc) is 3.20. The van der Waals surface area contributed by atoms with Crippen LogP contribution < -0.4 is 11.1 Å². The molecule has 0 aliphatic rings. The summed E-state index contributed by atoms with van der Waals surface area (Å²) >= 11 is 0. The fourth-order valence-corrected chi connectivity index (χ4v) is 4.09. The molecule has 166 valence electrons. The summed E-state index contributed by atoms with van der Waals surface area (Å²) in [5.41, 5.74) is 11.1. The second kappa shape index (κ2) is 8.68. The van der Waals surface area contributed by atoms with E-state index in [2.05, 4.69) is 33.3 Å². The molecule has 3 N–H and O–H groups in total. The van der Waals surface area contributed by atoms with Crippen molar-refractivity contribution < 1.29 is 4.79 Å². The number of anilines is 1. The van der Waals surface area contributed by atoms with Crippen LogP contribution in [0.15, 0.2) is 73.1 Å². The number of nitrogen functional groups attached to an aromatic ring is 1. The molecule has 0 saturated heterocycles. The summed E-state index contributed by atoms with van der Waals surface area (Å²) in [6.07, 6.45) is 3.31. The van der Waals surface area contributed by atoms with Crippen molar-refractivity contribution in [2.45, 2.75) is 19.9 Å².